The number of rotatable bonds is 5. The molecule has 1 aliphatic rings. The first-order chi connectivity index (χ1) is 10.3. The van der Waals surface area contributed by atoms with E-state index in [0.29, 0.717) is 24.1 Å². The fourth-order valence-electron chi connectivity index (χ4n) is 3.01. The lowest BCUT2D eigenvalue weighted by Gasteiger charge is -2.29. The molecule has 0 amide bonds. The van der Waals surface area contributed by atoms with Crippen molar-refractivity contribution in [3.8, 4) is 0 Å². The van der Waals surface area contributed by atoms with Crippen LogP contribution >= 0.6 is 0 Å². The van der Waals surface area contributed by atoms with Crippen LogP contribution in [0.3, 0.4) is 0 Å². The summed E-state index contributed by atoms with van der Waals surface area (Å²) in [6.07, 6.45) is 5.86. The Bertz CT molecular complexity index is 658. The molecule has 0 bridgehead atoms. The predicted octanol–water partition coefficient (Wildman–Crippen LogP) is 3.24. The average Bonchev–Trinajstić information content (AvgIpc) is 2.45. The largest absolute Gasteiger partial charge is 0.384 e. The molecule has 1 saturated carbocycles. The molecule has 1 N–H and O–H groups in total. The van der Waals surface area contributed by atoms with Crippen molar-refractivity contribution >= 4 is 21.2 Å². The van der Waals surface area contributed by atoms with Gasteiger partial charge in [0.2, 0.25) is 0 Å². The Labute approximate surface area is 131 Å². The lowest BCUT2D eigenvalue weighted by atomic mass is 9.80. The van der Waals surface area contributed by atoms with Gasteiger partial charge in [0.15, 0.2) is 9.84 Å². The van der Waals surface area contributed by atoms with Crippen molar-refractivity contribution in [3.63, 3.8) is 0 Å². The molecule has 0 aromatic heterocycles. The molecule has 1 aromatic rings. The van der Waals surface area contributed by atoms with E-state index in [4.69, 9.17) is 0 Å². The summed E-state index contributed by atoms with van der Waals surface area (Å²) in [6, 6.07) is 3.95. The first-order valence-electron chi connectivity index (χ1n) is 7.51. The lowest BCUT2D eigenvalue weighted by molar-refractivity contribution is -0.385. The van der Waals surface area contributed by atoms with Crippen LogP contribution in [-0.4, -0.2) is 26.1 Å². The highest BCUT2D eigenvalue weighted by atomic mass is 32.2. The summed E-state index contributed by atoms with van der Waals surface area (Å²) in [5.41, 5.74) is 0.239. The quantitative estimate of drug-likeness (QED) is 0.663. The molecule has 6 nitrogen and oxygen atoms in total. The van der Waals surface area contributed by atoms with E-state index in [1.165, 1.54) is 31.4 Å². The maximum Gasteiger partial charge on any atom is 0.270 e. The molecule has 0 aliphatic heterocycles. The SMILES string of the molecule is CC1CCCCC1CNc1ccc([N+](=O)[O-])cc1S(C)(=O)=O. The zero-order chi connectivity index (χ0) is 16.3. The summed E-state index contributed by atoms with van der Waals surface area (Å²) in [6.45, 7) is 2.92. The molecule has 7 heteroatoms. The Hall–Kier alpha value is -1.63. The van der Waals surface area contributed by atoms with Gasteiger partial charge in [-0.25, -0.2) is 8.42 Å². The van der Waals surface area contributed by atoms with E-state index in [9.17, 15) is 18.5 Å². The molecule has 2 atom stereocenters. The van der Waals surface area contributed by atoms with Crippen LogP contribution in [0.5, 0.6) is 0 Å². The van der Waals surface area contributed by atoms with E-state index in [1.54, 1.807) is 0 Å². The highest BCUT2D eigenvalue weighted by Gasteiger charge is 2.23. The minimum Gasteiger partial charge on any atom is -0.384 e. The fourth-order valence-corrected chi connectivity index (χ4v) is 3.89. The van der Waals surface area contributed by atoms with Gasteiger partial charge < -0.3 is 5.32 Å². The Kier molecular flexibility index (Phi) is 5.05. The predicted molar refractivity (Wildman–Crippen MR) is 85.8 cm³/mol. The molecule has 1 aromatic carbocycles. The monoisotopic (exact) mass is 326 g/mol. The number of nitrogens with zero attached hydrogens (tertiary/aromatic N) is 1. The first-order valence-corrected chi connectivity index (χ1v) is 9.40. The Balaban J connectivity index is 2.21. The lowest BCUT2D eigenvalue weighted by Crippen LogP contribution is -2.24. The van der Waals surface area contributed by atoms with E-state index >= 15 is 0 Å². The van der Waals surface area contributed by atoms with Crippen molar-refractivity contribution in [1.29, 1.82) is 0 Å². The second-order valence-electron chi connectivity index (χ2n) is 6.11. The smallest absolute Gasteiger partial charge is 0.270 e. The van der Waals surface area contributed by atoms with Gasteiger partial charge in [-0.2, -0.15) is 0 Å². The van der Waals surface area contributed by atoms with Gasteiger partial charge in [-0.1, -0.05) is 26.2 Å². The van der Waals surface area contributed by atoms with Crippen LogP contribution in [0.1, 0.15) is 32.6 Å². The van der Waals surface area contributed by atoms with Crippen LogP contribution in [0.15, 0.2) is 23.1 Å². The fraction of sp³-hybridized carbons (Fsp3) is 0.600. The summed E-state index contributed by atoms with van der Waals surface area (Å²) in [5.74, 6) is 1.12. The number of anilines is 1. The van der Waals surface area contributed by atoms with Crippen LogP contribution < -0.4 is 5.32 Å². The average molecular weight is 326 g/mol. The number of sulfone groups is 1. The van der Waals surface area contributed by atoms with Gasteiger partial charge in [0.25, 0.3) is 5.69 Å². The molecule has 2 unspecified atom stereocenters. The number of non-ortho nitro benzene ring substituents is 1. The molecular weight excluding hydrogens is 304 g/mol. The van der Waals surface area contributed by atoms with Crippen molar-refractivity contribution in [2.75, 3.05) is 18.1 Å². The van der Waals surface area contributed by atoms with Gasteiger partial charge in [-0.05, 0) is 24.3 Å². The molecule has 1 fully saturated rings. The van der Waals surface area contributed by atoms with Crippen LogP contribution in [0.4, 0.5) is 11.4 Å². The third-order valence-electron chi connectivity index (χ3n) is 4.42. The van der Waals surface area contributed by atoms with Crippen LogP contribution in [0, 0.1) is 22.0 Å². The van der Waals surface area contributed by atoms with E-state index in [2.05, 4.69) is 12.2 Å². The third-order valence-corrected chi connectivity index (χ3v) is 5.56. The molecule has 1 aliphatic carbocycles. The van der Waals surface area contributed by atoms with Crippen molar-refractivity contribution < 1.29 is 13.3 Å². The molecule has 0 heterocycles. The number of benzene rings is 1. The summed E-state index contributed by atoms with van der Waals surface area (Å²) >= 11 is 0. The van der Waals surface area contributed by atoms with E-state index in [1.807, 2.05) is 0 Å². The molecular formula is C15H22N2O4S. The van der Waals surface area contributed by atoms with Gasteiger partial charge in [0.1, 0.15) is 0 Å². The molecule has 0 saturated heterocycles. The second-order valence-corrected chi connectivity index (χ2v) is 8.10. The third kappa shape index (κ3) is 3.97. The Morgan fingerprint density at radius 2 is 2.00 bits per heavy atom. The molecule has 0 spiro atoms. The van der Waals surface area contributed by atoms with E-state index in [-0.39, 0.29) is 10.6 Å². The highest BCUT2D eigenvalue weighted by molar-refractivity contribution is 7.90. The number of nitro benzene ring substituents is 1. The molecule has 122 valence electrons. The topological polar surface area (TPSA) is 89.3 Å². The van der Waals surface area contributed by atoms with Gasteiger partial charge >= 0.3 is 0 Å². The van der Waals surface area contributed by atoms with Gasteiger partial charge in [0.05, 0.1) is 15.5 Å². The maximum absolute atomic E-state index is 11.9. The normalized spacial score (nSPS) is 22.3. The highest BCUT2D eigenvalue weighted by Crippen LogP contribution is 2.31. The van der Waals surface area contributed by atoms with Crippen molar-refractivity contribution in [2.45, 2.75) is 37.5 Å². The van der Waals surface area contributed by atoms with E-state index < -0.39 is 14.8 Å². The summed E-state index contributed by atoms with van der Waals surface area (Å²) in [5, 5.41) is 14.0. The Morgan fingerprint density at radius 3 is 2.59 bits per heavy atom. The van der Waals surface area contributed by atoms with Crippen molar-refractivity contribution in [2.24, 2.45) is 11.8 Å². The number of hydrogen-bond donors (Lipinski definition) is 1. The molecule has 0 radical (unpaired) electrons. The number of nitro groups is 1. The summed E-state index contributed by atoms with van der Waals surface area (Å²) in [7, 11) is -3.52. The minimum absolute atomic E-state index is 0.00911. The number of hydrogen-bond acceptors (Lipinski definition) is 5. The second kappa shape index (κ2) is 6.64. The van der Waals surface area contributed by atoms with Crippen molar-refractivity contribution in [1.82, 2.24) is 0 Å². The van der Waals surface area contributed by atoms with Crippen LogP contribution in [-0.2, 0) is 9.84 Å². The Morgan fingerprint density at radius 1 is 1.32 bits per heavy atom. The van der Waals surface area contributed by atoms with E-state index in [0.717, 1.165) is 18.7 Å². The zero-order valence-electron chi connectivity index (χ0n) is 12.9. The van der Waals surface area contributed by atoms with Crippen LogP contribution in [0.2, 0.25) is 0 Å². The summed E-state index contributed by atoms with van der Waals surface area (Å²) in [4.78, 5) is 10.2. The van der Waals surface area contributed by atoms with Gasteiger partial charge in [-0.15, -0.1) is 0 Å². The molecule has 2 rings (SSSR count). The summed E-state index contributed by atoms with van der Waals surface area (Å²) < 4.78 is 23.8. The van der Waals surface area contributed by atoms with Gasteiger partial charge in [-0.3, -0.25) is 10.1 Å². The first kappa shape index (κ1) is 16.7. The molecule has 22 heavy (non-hydrogen) atoms. The zero-order valence-corrected chi connectivity index (χ0v) is 13.7. The van der Waals surface area contributed by atoms with Gasteiger partial charge in [0, 0.05) is 24.9 Å². The minimum atomic E-state index is -3.52. The van der Waals surface area contributed by atoms with Crippen molar-refractivity contribution in [3.05, 3.63) is 28.3 Å². The van der Waals surface area contributed by atoms with Crippen LogP contribution in [0.25, 0.3) is 0 Å². The standard InChI is InChI=1S/C15H22N2O4S/c1-11-5-3-4-6-12(11)10-16-14-8-7-13(17(18)19)9-15(14)22(2,20)21/h7-9,11-12,16H,3-6,10H2,1-2H3. The number of nitrogens with one attached hydrogen (secondary N) is 1. The maximum atomic E-state index is 11.9.